The van der Waals surface area contributed by atoms with Crippen LogP contribution in [0.3, 0.4) is 0 Å². The number of anilines is 1. The number of carbonyl (C=O) groups is 2. The van der Waals surface area contributed by atoms with Crippen LogP contribution in [0, 0.1) is 0 Å². The van der Waals surface area contributed by atoms with E-state index in [4.69, 9.17) is 0 Å². The number of benzene rings is 1. The molecule has 2 amide bonds. The third-order valence-corrected chi connectivity index (χ3v) is 3.28. The molecule has 1 aromatic rings. The van der Waals surface area contributed by atoms with Gasteiger partial charge < -0.3 is 10.2 Å². The maximum atomic E-state index is 12.0. The van der Waals surface area contributed by atoms with Crippen LogP contribution in [0.15, 0.2) is 24.3 Å². The Balaban J connectivity index is 2.57. The van der Waals surface area contributed by atoms with Crippen LogP contribution in [0.2, 0.25) is 0 Å². The summed E-state index contributed by atoms with van der Waals surface area (Å²) in [4.78, 5) is 25.1. The Morgan fingerprint density at radius 3 is 2.45 bits per heavy atom. The Labute approximate surface area is 121 Å². The van der Waals surface area contributed by atoms with E-state index in [1.54, 1.807) is 4.90 Å². The number of hydrogen-bond acceptors (Lipinski definition) is 2. The third kappa shape index (κ3) is 4.68. The van der Waals surface area contributed by atoms with Crippen LogP contribution in [0.5, 0.6) is 0 Å². The summed E-state index contributed by atoms with van der Waals surface area (Å²) >= 11 is 0. The SMILES string of the molecule is CCc1ccccc1NC(=O)CCN(C(C)=O)C(C)C. The molecule has 20 heavy (non-hydrogen) atoms. The lowest BCUT2D eigenvalue weighted by Crippen LogP contribution is -2.37. The van der Waals surface area contributed by atoms with Crippen molar-refractivity contribution in [3.05, 3.63) is 29.8 Å². The Morgan fingerprint density at radius 2 is 1.90 bits per heavy atom. The molecule has 0 aliphatic carbocycles. The van der Waals surface area contributed by atoms with Crippen molar-refractivity contribution < 1.29 is 9.59 Å². The van der Waals surface area contributed by atoms with Gasteiger partial charge in [0.1, 0.15) is 0 Å². The molecule has 0 atom stereocenters. The van der Waals surface area contributed by atoms with Gasteiger partial charge in [-0.2, -0.15) is 0 Å². The average Bonchev–Trinajstić information content (AvgIpc) is 2.38. The molecule has 0 fully saturated rings. The Kier molecular flexibility index (Phi) is 6.22. The fourth-order valence-electron chi connectivity index (χ4n) is 2.16. The lowest BCUT2D eigenvalue weighted by molar-refractivity contribution is -0.130. The molecule has 0 aromatic heterocycles. The number of rotatable bonds is 6. The van der Waals surface area contributed by atoms with E-state index < -0.39 is 0 Å². The fraction of sp³-hybridized carbons (Fsp3) is 0.500. The van der Waals surface area contributed by atoms with Crippen LogP contribution in [-0.4, -0.2) is 29.3 Å². The van der Waals surface area contributed by atoms with Crippen molar-refractivity contribution in [3.8, 4) is 0 Å². The minimum atomic E-state index is -0.0576. The highest BCUT2D eigenvalue weighted by molar-refractivity contribution is 5.91. The number of nitrogens with zero attached hydrogens (tertiary/aromatic N) is 1. The second kappa shape index (κ2) is 7.68. The first kappa shape index (κ1) is 16.2. The monoisotopic (exact) mass is 276 g/mol. The zero-order valence-corrected chi connectivity index (χ0v) is 12.8. The fourth-order valence-corrected chi connectivity index (χ4v) is 2.16. The Morgan fingerprint density at radius 1 is 1.25 bits per heavy atom. The van der Waals surface area contributed by atoms with Gasteiger partial charge in [0, 0.05) is 31.6 Å². The number of aryl methyl sites for hydroxylation is 1. The molecule has 0 saturated heterocycles. The molecule has 4 heteroatoms. The zero-order chi connectivity index (χ0) is 15.1. The lowest BCUT2D eigenvalue weighted by Gasteiger charge is -2.25. The largest absolute Gasteiger partial charge is 0.340 e. The molecule has 1 rings (SSSR count). The highest BCUT2D eigenvalue weighted by atomic mass is 16.2. The van der Waals surface area contributed by atoms with Gasteiger partial charge in [-0.15, -0.1) is 0 Å². The van der Waals surface area contributed by atoms with Crippen LogP contribution in [0.4, 0.5) is 5.69 Å². The second-order valence-corrected chi connectivity index (χ2v) is 5.12. The zero-order valence-electron chi connectivity index (χ0n) is 12.8. The summed E-state index contributed by atoms with van der Waals surface area (Å²) < 4.78 is 0. The molecular formula is C16H24N2O2. The topological polar surface area (TPSA) is 49.4 Å². The Bertz CT molecular complexity index is 469. The van der Waals surface area contributed by atoms with Gasteiger partial charge in [-0.3, -0.25) is 9.59 Å². The van der Waals surface area contributed by atoms with Crippen LogP contribution >= 0.6 is 0 Å². The van der Waals surface area contributed by atoms with Crippen molar-refractivity contribution in [2.45, 2.75) is 46.6 Å². The molecule has 1 N–H and O–H groups in total. The normalized spacial score (nSPS) is 10.4. The standard InChI is InChI=1S/C16H24N2O2/c1-5-14-8-6-7-9-15(14)17-16(20)10-11-18(12(2)3)13(4)19/h6-9,12H,5,10-11H2,1-4H3,(H,17,20). The van der Waals surface area contributed by atoms with E-state index in [1.165, 1.54) is 6.92 Å². The number of nitrogens with one attached hydrogen (secondary N) is 1. The molecule has 0 unspecified atom stereocenters. The summed E-state index contributed by atoms with van der Waals surface area (Å²) in [7, 11) is 0. The summed E-state index contributed by atoms with van der Waals surface area (Å²) in [5.41, 5.74) is 1.98. The summed E-state index contributed by atoms with van der Waals surface area (Å²) in [5.74, 6) is -0.0560. The number of amides is 2. The smallest absolute Gasteiger partial charge is 0.226 e. The Hall–Kier alpha value is -1.84. The molecule has 1 aromatic carbocycles. The quantitative estimate of drug-likeness (QED) is 0.868. The maximum absolute atomic E-state index is 12.0. The second-order valence-electron chi connectivity index (χ2n) is 5.12. The minimum Gasteiger partial charge on any atom is -0.340 e. The molecule has 4 nitrogen and oxygen atoms in total. The minimum absolute atomic E-state index is 0.00163. The van der Waals surface area contributed by atoms with Crippen molar-refractivity contribution in [2.75, 3.05) is 11.9 Å². The van der Waals surface area contributed by atoms with E-state index in [-0.39, 0.29) is 17.9 Å². The lowest BCUT2D eigenvalue weighted by atomic mass is 10.1. The molecule has 0 heterocycles. The molecule has 0 saturated carbocycles. The summed E-state index contributed by atoms with van der Waals surface area (Å²) in [6, 6.07) is 7.89. The van der Waals surface area contributed by atoms with Crippen LogP contribution in [0.25, 0.3) is 0 Å². The van der Waals surface area contributed by atoms with Crippen molar-refractivity contribution >= 4 is 17.5 Å². The van der Waals surface area contributed by atoms with Crippen molar-refractivity contribution in [1.29, 1.82) is 0 Å². The van der Waals surface area contributed by atoms with Crippen molar-refractivity contribution in [3.63, 3.8) is 0 Å². The van der Waals surface area contributed by atoms with Crippen molar-refractivity contribution in [1.82, 2.24) is 4.90 Å². The first-order chi connectivity index (χ1) is 9.45. The molecular weight excluding hydrogens is 252 g/mol. The summed E-state index contributed by atoms with van der Waals surface area (Å²) in [6.45, 7) is 7.94. The molecule has 0 aliphatic heterocycles. The van der Waals surface area contributed by atoms with E-state index in [0.717, 1.165) is 17.7 Å². The number of hydrogen-bond donors (Lipinski definition) is 1. The average molecular weight is 276 g/mol. The molecule has 0 radical (unpaired) electrons. The van der Waals surface area contributed by atoms with Gasteiger partial charge >= 0.3 is 0 Å². The van der Waals surface area contributed by atoms with Crippen molar-refractivity contribution in [2.24, 2.45) is 0 Å². The maximum Gasteiger partial charge on any atom is 0.226 e. The molecule has 0 bridgehead atoms. The third-order valence-electron chi connectivity index (χ3n) is 3.28. The van der Waals surface area contributed by atoms with Gasteiger partial charge in [0.05, 0.1) is 0 Å². The van der Waals surface area contributed by atoms with Gasteiger partial charge in [-0.1, -0.05) is 25.1 Å². The summed E-state index contributed by atoms with van der Waals surface area (Å²) in [5, 5.41) is 2.92. The highest BCUT2D eigenvalue weighted by Gasteiger charge is 2.14. The molecule has 110 valence electrons. The first-order valence-corrected chi connectivity index (χ1v) is 7.10. The van der Waals surface area contributed by atoms with E-state index in [9.17, 15) is 9.59 Å². The van der Waals surface area contributed by atoms with E-state index in [0.29, 0.717) is 13.0 Å². The van der Waals surface area contributed by atoms with Crippen LogP contribution in [-0.2, 0) is 16.0 Å². The molecule has 0 spiro atoms. The number of para-hydroxylation sites is 1. The van der Waals surface area contributed by atoms with Gasteiger partial charge in [0.2, 0.25) is 11.8 Å². The van der Waals surface area contributed by atoms with Gasteiger partial charge in [-0.25, -0.2) is 0 Å². The van der Waals surface area contributed by atoms with Gasteiger partial charge in [0.25, 0.3) is 0 Å². The van der Waals surface area contributed by atoms with E-state index >= 15 is 0 Å². The van der Waals surface area contributed by atoms with E-state index in [1.807, 2.05) is 38.1 Å². The first-order valence-electron chi connectivity index (χ1n) is 7.10. The van der Waals surface area contributed by atoms with Crippen LogP contribution in [0.1, 0.15) is 39.7 Å². The van der Waals surface area contributed by atoms with Crippen LogP contribution < -0.4 is 5.32 Å². The van der Waals surface area contributed by atoms with E-state index in [2.05, 4.69) is 12.2 Å². The predicted molar refractivity (Wildman–Crippen MR) is 81.6 cm³/mol. The molecule has 0 aliphatic rings. The predicted octanol–water partition coefficient (Wildman–Crippen LogP) is 2.83. The summed E-state index contributed by atoms with van der Waals surface area (Å²) in [6.07, 6.45) is 1.19. The van der Waals surface area contributed by atoms with Gasteiger partial charge in [-0.05, 0) is 31.9 Å². The van der Waals surface area contributed by atoms with Gasteiger partial charge in [0.15, 0.2) is 0 Å². The number of carbonyl (C=O) groups excluding carboxylic acids is 2. The highest BCUT2D eigenvalue weighted by Crippen LogP contribution is 2.15.